The Balaban J connectivity index is 2.06. The largest absolute Gasteiger partial charge is 0.494 e. The van der Waals surface area contributed by atoms with Gasteiger partial charge in [0.2, 0.25) is 5.95 Å². The lowest BCUT2D eigenvalue weighted by Gasteiger charge is -2.09. The summed E-state index contributed by atoms with van der Waals surface area (Å²) in [6.45, 7) is 5.29. The summed E-state index contributed by atoms with van der Waals surface area (Å²) in [5, 5.41) is 2.72. The number of rotatable bonds is 10. The van der Waals surface area contributed by atoms with Gasteiger partial charge in [-0.2, -0.15) is 0 Å². The van der Waals surface area contributed by atoms with Crippen molar-refractivity contribution in [2.75, 3.05) is 18.9 Å². The summed E-state index contributed by atoms with van der Waals surface area (Å²) in [6.07, 6.45) is 6.00. The van der Waals surface area contributed by atoms with Gasteiger partial charge in [0.15, 0.2) is 0 Å². The standard InChI is InChI=1S/C20H28N4O2/c1-3-5-6-7-8-12-26-16-11-9-10-15(13-16)17-14-18(19(25)22-4-2)24-20(21)23-17/h9-11,13-14H,3-8,12H2,1-2H3,(H,22,25)(H2,21,23,24). The lowest BCUT2D eigenvalue weighted by atomic mass is 10.1. The molecule has 0 radical (unpaired) electrons. The number of anilines is 1. The average Bonchev–Trinajstić information content (AvgIpc) is 2.64. The molecule has 140 valence electrons. The van der Waals surface area contributed by atoms with E-state index in [1.807, 2.05) is 31.2 Å². The molecule has 0 aliphatic carbocycles. The molecule has 1 aromatic carbocycles. The van der Waals surface area contributed by atoms with Crippen LogP contribution in [0.2, 0.25) is 0 Å². The number of ether oxygens (including phenoxy) is 1. The van der Waals surface area contributed by atoms with Crippen molar-refractivity contribution in [3.63, 3.8) is 0 Å². The lowest BCUT2D eigenvalue weighted by Crippen LogP contribution is -2.24. The highest BCUT2D eigenvalue weighted by Crippen LogP contribution is 2.23. The molecule has 1 aromatic heterocycles. The summed E-state index contributed by atoms with van der Waals surface area (Å²) in [5.41, 5.74) is 7.48. The number of carbonyl (C=O) groups excluding carboxylic acids is 1. The van der Waals surface area contributed by atoms with E-state index in [1.54, 1.807) is 6.07 Å². The van der Waals surface area contributed by atoms with Crippen LogP contribution in [-0.4, -0.2) is 29.0 Å². The van der Waals surface area contributed by atoms with Crippen molar-refractivity contribution in [1.29, 1.82) is 0 Å². The molecule has 2 rings (SSSR count). The van der Waals surface area contributed by atoms with E-state index in [0.29, 0.717) is 18.8 Å². The molecule has 6 nitrogen and oxygen atoms in total. The summed E-state index contributed by atoms with van der Waals surface area (Å²) in [4.78, 5) is 20.3. The van der Waals surface area contributed by atoms with Crippen LogP contribution in [0.4, 0.5) is 5.95 Å². The maximum Gasteiger partial charge on any atom is 0.270 e. The average molecular weight is 356 g/mol. The van der Waals surface area contributed by atoms with Gasteiger partial charge < -0.3 is 15.8 Å². The Bertz CT molecular complexity index is 719. The van der Waals surface area contributed by atoms with Gasteiger partial charge in [-0.15, -0.1) is 0 Å². The van der Waals surface area contributed by atoms with Gasteiger partial charge in [0.25, 0.3) is 5.91 Å². The molecule has 1 amide bonds. The topological polar surface area (TPSA) is 90.1 Å². The SMILES string of the molecule is CCCCCCCOc1cccc(-c2cc(C(=O)NCC)nc(N)n2)c1. The van der Waals surface area contributed by atoms with Gasteiger partial charge in [-0.1, -0.05) is 44.7 Å². The van der Waals surface area contributed by atoms with Gasteiger partial charge in [0.1, 0.15) is 11.4 Å². The highest BCUT2D eigenvalue weighted by molar-refractivity contribution is 5.93. The Morgan fingerprint density at radius 3 is 2.69 bits per heavy atom. The van der Waals surface area contributed by atoms with Crippen molar-refractivity contribution >= 4 is 11.9 Å². The molecule has 0 saturated heterocycles. The molecule has 2 aromatic rings. The fourth-order valence-electron chi connectivity index (χ4n) is 2.62. The summed E-state index contributed by atoms with van der Waals surface area (Å²) in [5.74, 6) is 0.600. The van der Waals surface area contributed by atoms with Crippen LogP contribution in [0.3, 0.4) is 0 Å². The second kappa shape index (κ2) is 10.4. The summed E-state index contributed by atoms with van der Waals surface area (Å²) in [6, 6.07) is 9.30. The Morgan fingerprint density at radius 1 is 1.12 bits per heavy atom. The molecular formula is C20H28N4O2. The molecule has 3 N–H and O–H groups in total. The number of amides is 1. The maximum atomic E-state index is 12.0. The number of nitrogens with two attached hydrogens (primary N) is 1. The van der Waals surface area contributed by atoms with Gasteiger partial charge in [-0.05, 0) is 31.5 Å². The Hall–Kier alpha value is -2.63. The summed E-state index contributed by atoms with van der Waals surface area (Å²) in [7, 11) is 0. The van der Waals surface area contributed by atoms with Gasteiger partial charge in [0, 0.05) is 12.1 Å². The van der Waals surface area contributed by atoms with Gasteiger partial charge in [-0.3, -0.25) is 4.79 Å². The highest BCUT2D eigenvalue weighted by atomic mass is 16.5. The molecule has 0 aliphatic rings. The Morgan fingerprint density at radius 2 is 1.92 bits per heavy atom. The van der Waals surface area contributed by atoms with Crippen LogP contribution in [-0.2, 0) is 0 Å². The van der Waals surface area contributed by atoms with Crippen LogP contribution in [0.25, 0.3) is 11.3 Å². The molecule has 0 aliphatic heterocycles. The van der Waals surface area contributed by atoms with Crippen LogP contribution in [0, 0.1) is 0 Å². The number of hydrogen-bond acceptors (Lipinski definition) is 5. The molecular weight excluding hydrogens is 328 g/mol. The zero-order chi connectivity index (χ0) is 18.8. The molecule has 0 spiro atoms. The first-order chi connectivity index (χ1) is 12.6. The number of hydrogen-bond donors (Lipinski definition) is 2. The molecule has 0 bridgehead atoms. The maximum absolute atomic E-state index is 12.0. The number of carbonyl (C=O) groups is 1. The predicted molar refractivity (Wildman–Crippen MR) is 104 cm³/mol. The molecule has 0 saturated carbocycles. The fraction of sp³-hybridized carbons (Fsp3) is 0.450. The van der Waals surface area contributed by atoms with Crippen molar-refractivity contribution < 1.29 is 9.53 Å². The van der Waals surface area contributed by atoms with Gasteiger partial charge in [0.05, 0.1) is 12.3 Å². The first-order valence-corrected chi connectivity index (χ1v) is 9.30. The quantitative estimate of drug-likeness (QED) is 0.632. The second-order valence-electron chi connectivity index (χ2n) is 6.15. The summed E-state index contributed by atoms with van der Waals surface area (Å²) >= 11 is 0. The van der Waals surface area contributed by atoms with E-state index < -0.39 is 0 Å². The normalized spacial score (nSPS) is 10.5. The number of nitrogen functional groups attached to an aromatic ring is 1. The molecule has 1 heterocycles. The predicted octanol–water partition coefficient (Wildman–Crippen LogP) is 3.82. The van der Waals surface area contributed by atoms with E-state index >= 15 is 0 Å². The molecule has 6 heteroatoms. The number of nitrogens with one attached hydrogen (secondary N) is 1. The van der Waals surface area contributed by atoms with Crippen molar-refractivity contribution in [3.8, 4) is 17.0 Å². The number of nitrogens with zero attached hydrogens (tertiary/aromatic N) is 2. The van der Waals surface area contributed by atoms with Crippen LogP contribution >= 0.6 is 0 Å². The fourth-order valence-corrected chi connectivity index (χ4v) is 2.62. The molecule has 0 atom stereocenters. The minimum atomic E-state index is -0.262. The Labute approximate surface area is 155 Å². The zero-order valence-electron chi connectivity index (χ0n) is 15.6. The van der Waals surface area contributed by atoms with Crippen LogP contribution in [0.5, 0.6) is 5.75 Å². The van der Waals surface area contributed by atoms with Crippen LogP contribution in [0.15, 0.2) is 30.3 Å². The molecule has 0 fully saturated rings. The third-order valence-corrected chi connectivity index (χ3v) is 3.96. The van der Waals surface area contributed by atoms with Crippen LogP contribution < -0.4 is 15.8 Å². The number of aromatic nitrogens is 2. The summed E-state index contributed by atoms with van der Waals surface area (Å²) < 4.78 is 5.84. The van der Waals surface area contributed by atoms with E-state index in [0.717, 1.165) is 17.7 Å². The first-order valence-electron chi connectivity index (χ1n) is 9.30. The molecule has 26 heavy (non-hydrogen) atoms. The van der Waals surface area contributed by atoms with E-state index in [2.05, 4.69) is 22.2 Å². The zero-order valence-corrected chi connectivity index (χ0v) is 15.6. The van der Waals surface area contributed by atoms with E-state index in [1.165, 1.54) is 25.7 Å². The number of benzene rings is 1. The second-order valence-corrected chi connectivity index (χ2v) is 6.15. The van der Waals surface area contributed by atoms with Crippen LogP contribution in [0.1, 0.15) is 56.4 Å². The molecule has 0 unspecified atom stereocenters. The van der Waals surface area contributed by atoms with Crippen molar-refractivity contribution in [3.05, 3.63) is 36.0 Å². The highest BCUT2D eigenvalue weighted by Gasteiger charge is 2.11. The Kier molecular flexibility index (Phi) is 7.86. The van der Waals surface area contributed by atoms with Crippen molar-refractivity contribution in [2.24, 2.45) is 0 Å². The van der Waals surface area contributed by atoms with Gasteiger partial charge >= 0.3 is 0 Å². The minimum absolute atomic E-state index is 0.0750. The third kappa shape index (κ3) is 6.02. The van der Waals surface area contributed by atoms with Crippen molar-refractivity contribution in [1.82, 2.24) is 15.3 Å². The van der Waals surface area contributed by atoms with E-state index in [9.17, 15) is 4.79 Å². The lowest BCUT2D eigenvalue weighted by molar-refractivity contribution is 0.0951. The number of unbranched alkanes of at least 4 members (excludes halogenated alkanes) is 4. The smallest absolute Gasteiger partial charge is 0.270 e. The third-order valence-electron chi connectivity index (χ3n) is 3.96. The van der Waals surface area contributed by atoms with E-state index in [-0.39, 0.29) is 17.5 Å². The minimum Gasteiger partial charge on any atom is -0.494 e. The van der Waals surface area contributed by atoms with Crippen molar-refractivity contribution in [2.45, 2.75) is 46.0 Å². The first kappa shape index (κ1) is 19.7. The monoisotopic (exact) mass is 356 g/mol. The van der Waals surface area contributed by atoms with Gasteiger partial charge in [-0.25, -0.2) is 9.97 Å². The van der Waals surface area contributed by atoms with E-state index in [4.69, 9.17) is 10.5 Å².